The normalized spacial score (nSPS) is 11.2. The Bertz CT molecular complexity index is 1490. The highest BCUT2D eigenvalue weighted by Gasteiger charge is 2.20. The van der Waals surface area contributed by atoms with Crippen molar-refractivity contribution in [2.24, 2.45) is 0 Å². The number of fused-ring (bicyclic) bond motifs is 3. The summed E-state index contributed by atoms with van der Waals surface area (Å²) in [5, 5.41) is 0.293. The average Bonchev–Trinajstić information content (AvgIpc) is 3.26. The first kappa shape index (κ1) is 19.1. The molecular formula is C24H17ClN4O2. The van der Waals surface area contributed by atoms with E-state index in [0.29, 0.717) is 33.0 Å². The molecule has 0 aliphatic heterocycles. The fourth-order valence-corrected chi connectivity index (χ4v) is 3.93. The summed E-state index contributed by atoms with van der Waals surface area (Å²) < 4.78 is 1.77. The predicted molar refractivity (Wildman–Crippen MR) is 123 cm³/mol. The lowest BCUT2D eigenvalue weighted by Gasteiger charge is -2.18. The molecule has 5 aromatic rings. The number of para-hydroxylation sites is 1. The van der Waals surface area contributed by atoms with Crippen LogP contribution in [-0.2, 0) is 0 Å². The molecule has 6 nitrogen and oxygen atoms in total. The van der Waals surface area contributed by atoms with Gasteiger partial charge in [0.2, 0.25) is 0 Å². The minimum absolute atomic E-state index is 0.270. The van der Waals surface area contributed by atoms with Crippen molar-refractivity contribution >= 4 is 39.7 Å². The number of aromatic nitrogens is 3. The Kier molecular flexibility index (Phi) is 4.56. The lowest BCUT2D eigenvalue weighted by atomic mass is 10.1. The zero-order chi connectivity index (χ0) is 21.5. The van der Waals surface area contributed by atoms with E-state index in [0.717, 1.165) is 11.3 Å². The maximum Gasteiger partial charge on any atom is 0.274 e. The van der Waals surface area contributed by atoms with E-state index in [4.69, 9.17) is 11.6 Å². The number of nitrogens with zero attached hydrogens (tertiary/aromatic N) is 3. The second-order valence-corrected chi connectivity index (χ2v) is 7.58. The van der Waals surface area contributed by atoms with Crippen molar-refractivity contribution in [2.75, 3.05) is 11.9 Å². The molecule has 2 heterocycles. The molecule has 1 amide bonds. The monoisotopic (exact) mass is 428 g/mol. The van der Waals surface area contributed by atoms with Crippen molar-refractivity contribution in [3.8, 4) is 11.4 Å². The molecule has 0 radical (unpaired) electrons. The number of nitrogens with one attached hydrogen (secondary N) is 1. The molecule has 31 heavy (non-hydrogen) atoms. The van der Waals surface area contributed by atoms with Gasteiger partial charge in [0.05, 0.1) is 27.8 Å². The lowest BCUT2D eigenvalue weighted by molar-refractivity contribution is 0.0993. The Morgan fingerprint density at radius 3 is 2.39 bits per heavy atom. The molecule has 0 saturated carbocycles. The minimum atomic E-state index is -0.292. The average molecular weight is 429 g/mol. The standard InChI is InChI=1S/C24H17ClN4O2/c1-28(16-10-6-3-7-11-16)24(31)17-12-19-20(13-18(17)25)29-21(23(30)27-19)14-26-22(29)15-8-4-2-5-9-15/h2-14H,1H3,(H,27,30). The minimum Gasteiger partial charge on any atom is -0.319 e. The van der Waals surface area contributed by atoms with E-state index in [1.54, 1.807) is 23.6 Å². The van der Waals surface area contributed by atoms with Gasteiger partial charge in [-0.1, -0.05) is 60.1 Å². The highest BCUT2D eigenvalue weighted by molar-refractivity contribution is 6.35. The number of hydrogen-bond acceptors (Lipinski definition) is 3. The number of amides is 1. The van der Waals surface area contributed by atoms with Crippen LogP contribution in [0.2, 0.25) is 5.02 Å². The summed E-state index contributed by atoms with van der Waals surface area (Å²) in [4.78, 5) is 34.7. The second kappa shape index (κ2) is 7.41. The molecule has 0 spiro atoms. The lowest BCUT2D eigenvalue weighted by Crippen LogP contribution is -2.26. The molecule has 0 unspecified atom stereocenters. The van der Waals surface area contributed by atoms with Crippen LogP contribution in [0.25, 0.3) is 27.9 Å². The number of carbonyl (C=O) groups is 1. The highest BCUT2D eigenvalue weighted by atomic mass is 35.5. The summed E-state index contributed by atoms with van der Waals surface area (Å²) in [7, 11) is 1.69. The van der Waals surface area contributed by atoms with Gasteiger partial charge >= 0.3 is 0 Å². The molecule has 7 heteroatoms. The van der Waals surface area contributed by atoms with Gasteiger partial charge in [0, 0.05) is 18.3 Å². The first-order chi connectivity index (χ1) is 15.0. The SMILES string of the molecule is CN(C(=O)c1cc2[nH]c(=O)c3cnc(-c4ccccc4)n3c2cc1Cl)c1ccccc1. The van der Waals surface area contributed by atoms with Crippen LogP contribution in [0.1, 0.15) is 10.4 Å². The maximum absolute atomic E-state index is 13.1. The van der Waals surface area contributed by atoms with Crippen molar-refractivity contribution in [1.82, 2.24) is 14.4 Å². The molecule has 152 valence electrons. The van der Waals surface area contributed by atoms with E-state index in [9.17, 15) is 9.59 Å². The van der Waals surface area contributed by atoms with Crippen molar-refractivity contribution in [3.63, 3.8) is 0 Å². The zero-order valence-corrected chi connectivity index (χ0v) is 17.3. The first-order valence-electron chi connectivity index (χ1n) is 9.66. The first-order valence-corrected chi connectivity index (χ1v) is 10.0. The third kappa shape index (κ3) is 3.17. The van der Waals surface area contributed by atoms with Gasteiger partial charge in [-0.25, -0.2) is 4.98 Å². The van der Waals surface area contributed by atoms with Crippen LogP contribution in [0.3, 0.4) is 0 Å². The molecule has 0 fully saturated rings. The molecular weight excluding hydrogens is 412 g/mol. The summed E-state index contributed by atoms with van der Waals surface area (Å²) >= 11 is 6.56. The van der Waals surface area contributed by atoms with Crippen molar-refractivity contribution in [3.05, 3.63) is 99.9 Å². The van der Waals surface area contributed by atoms with Gasteiger partial charge in [-0.15, -0.1) is 0 Å². The van der Waals surface area contributed by atoms with Crippen LogP contribution >= 0.6 is 11.6 Å². The second-order valence-electron chi connectivity index (χ2n) is 7.17. The largest absolute Gasteiger partial charge is 0.319 e. The summed E-state index contributed by atoms with van der Waals surface area (Å²) in [5.41, 5.74) is 3.19. The van der Waals surface area contributed by atoms with E-state index in [-0.39, 0.29) is 11.5 Å². The molecule has 3 aromatic carbocycles. The van der Waals surface area contributed by atoms with Crippen molar-refractivity contribution in [1.29, 1.82) is 0 Å². The molecule has 1 N–H and O–H groups in total. The smallest absolute Gasteiger partial charge is 0.274 e. The third-order valence-corrected chi connectivity index (χ3v) is 5.59. The summed E-state index contributed by atoms with van der Waals surface area (Å²) in [6.07, 6.45) is 1.54. The molecule has 0 bridgehead atoms. The molecule has 0 aliphatic rings. The van der Waals surface area contributed by atoms with Gasteiger partial charge in [0.1, 0.15) is 11.3 Å². The summed E-state index contributed by atoms with van der Waals surface area (Å²) in [5.74, 6) is 0.358. The van der Waals surface area contributed by atoms with E-state index in [1.807, 2.05) is 60.7 Å². The van der Waals surface area contributed by atoms with Crippen molar-refractivity contribution in [2.45, 2.75) is 0 Å². The molecule has 5 rings (SSSR count). The van der Waals surface area contributed by atoms with E-state index >= 15 is 0 Å². The molecule has 0 saturated heterocycles. The number of hydrogen-bond donors (Lipinski definition) is 1. The topological polar surface area (TPSA) is 70.5 Å². The number of carbonyl (C=O) groups excluding carboxylic acids is 1. The van der Waals surface area contributed by atoms with Gasteiger partial charge in [-0.2, -0.15) is 0 Å². The number of H-pyrrole nitrogens is 1. The number of imidazole rings is 1. The summed E-state index contributed by atoms with van der Waals surface area (Å²) in [6, 6.07) is 22.2. The Morgan fingerprint density at radius 1 is 1.00 bits per heavy atom. The van der Waals surface area contributed by atoms with Gasteiger partial charge in [-0.05, 0) is 24.3 Å². The van der Waals surface area contributed by atoms with E-state index in [2.05, 4.69) is 9.97 Å². The fourth-order valence-electron chi connectivity index (χ4n) is 3.69. The van der Waals surface area contributed by atoms with Gasteiger partial charge in [-0.3, -0.25) is 14.0 Å². The Hall–Kier alpha value is -3.90. The van der Waals surface area contributed by atoms with Gasteiger partial charge in [0.25, 0.3) is 11.5 Å². The molecule has 0 atom stereocenters. The zero-order valence-electron chi connectivity index (χ0n) is 16.5. The van der Waals surface area contributed by atoms with Gasteiger partial charge < -0.3 is 9.88 Å². The summed E-state index contributed by atoms with van der Waals surface area (Å²) in [6.45, 7) is 0. The third-order valence-electron chi connectivity index (χ3n) is 5.28. The number of benzene rings is 3. The molecule has 2 aromatic heterocycles. The number of rotatable bonds is 3. The predicted octanol–water partition coefficient (Wildman–Crippen LogP) is 4.77. The van der Waals surface area contributed by atoms with E-state index < -0.39 is 0 Å². The van der Waals surface area contributed by atoms with Crippen LogP contribution in [0, 0.1) is 0 Å². The number of aromatic amines is 1. The molecule has 0 aliphatic carbocycles. The van der Waals surface area contributed by atoms with Crippen LogP contribution in [0.5, 0.6) is 0 Å². The number of halogens is 1. The van der Waals surface area contributed by atoms with Crippen LogP contribution in [-0.4, -0.2) is 27.3 Å². The van der Waals surface area contributed by atoms with Crippen LogP contribution < -0.4 is 10.5 Å². The fraction of sp³-hybridized carbons (Fsp3) is 0.0417. The van der Waals surface area contributed by atoms with Crippen LogP contribution in [0.15, 0.2) is 83.8 Å². The number of anilines is 1. The van der Waals surface area contributed by atoms with E-state index in [1.165, 1.54) is 11.1 Å². The van der Waals surface area contributed by atoms with Crippen LogP contribution in [0.4, 0.5) is 5.69 Å². The Balaban J connectivity index is 1.71. The quantitative estimate of drug-likeness (QED) is 0.450. The highest BCUT2D eigenvalue weighted by Crippen LogP contribution is 2.28. The Labute approximate surface area is 182 Å². The Morgan fingerprint density at radius 2 is 1.68 bits per heavy atom. The maximum atomic E-state index is 13.1. The van der Waals surface area contributed by atoms with Gasteiger partial charge in [0.15, 0.2) is 0 Å². The van der Waals surface area contributed by atoms with Crippen molar-refractivity contribution < 1.29 is 4.79 Å².